The van der Waals surface area contributed by atoms with Crippen LogP contribution in [0.1, 0.15) is 51.9 Å². The maximum absolute atomic E-state index is 12.5. The van der Waals surface area contributed by atoms with Crippen LogP contribution in [0.15, 0.2) is 0 Å². The predicted octanol–water partition coefficient (Wildman–Crippen LogP) is 2.74. The van der Waals surface area contributed by atoms with Gasteiger partial charge in [0.05, 0.1) is 5.92 Å². The Hall–Kier alpha value is -0.780. The van der Waals surface area contributed by atoms with Crippen LogP contribution in [0.4, 0.5) is 13.2 Å². The molecule has 0 aromatic carbocycles. The van der Waals surface area contributed by atoms with Gasteiger partial charge < -0.3 is 11.1 Å². The molecule has 112 valence electrons. The van der Waals surface area contributed by atoms with Crippen LogP contribution in [0.25, 0.3) is 0 Å². The third-order valence-electron chi connectivity index (χ3n) is 3.62. The predicted molar refractivity (Wildman–Crippen MR) is 67.4 cm³/mol. The number of rotatable bonds is 5. The molecule has 1 unspecified atom stereocenters. The number of hydrogen-bond donors (Lipinski definition) is 2. The number of amides is 1. The minimum atomic E-state index is -4.09. The summed E-state index contributed by atoms with van der Waals surface area (Å²) in [6, 6.07) is -0.0172. The van der Waals surface area contributed by atoms with E-state index in [1.807, 2.05) is 6.92 Å². The van der Waals surface area contributed by atoms with Gasteiger partial charge in [-0.1, -0.05) is 0 Å². The molecule has 1 rings (SSSR count). The molecule has 0 aromatic heterocycles. The van der Waals surface area contributed by atoms with E-state index >= 15 is 0 Å². The minimum Gasteiger partial charge on any atom is -0.353 e. The summed E-state index contributed by atoms with van der Waals surface area (Å²) in [6.45, 7) is 1.89. The first-order chi connectivity index (χ1) is 8.79. The average Bonchev–Trinajstić information content (AvgIpc) is 2.27. The second kappa shape index (κ2) is 7.12. The molecular weight excluding hydrogens is 257 g/mol. The van der Waals surface area contributed by atoms with E-state index in [4.69, 9.17) is 5.73 Å². The molecule has 19 heavy (non-hydrogen) atoms. The Morgan fingerprint density at radius 1 is 1.32 bits per heavy atom. The number of halogens is 3. The fraction of sp³-hybridized carbons (Fsp3) is 0.923. The molecule has 3 nitrogen and oxygen atoms in total. The summed E-state index contributed by atoms with van der Waals surface area (Å²) in [7, 11) is 0. The maximum atomic E-state index is 12.5. The van der Waals surface area contributed by atoms with Gasteiger partial charge in [0.2, 0.25) is 5.91 Å². The summed E-state index contributed by atoms with van der Waals surface area (Å²) in [5.41, 5.74) is 5.58. The van der Waals surface area contributed by atoms with Crippen molar-refractivity contribution in [2.45, 2.75) is 70.1 Å². The maximum Gasteiger partial charge on any atom is 0.391 e. The van der Waals surface area contributed by atoms with Gasteiger partial charge in [0.1, 0.15) is 0 Å². The smallest absolute Gasteiger partial charge is 0.353 e. The van der Waals surface area contributed by atoms with Gasteiger partial charge in [-0.2, -0.15) is 13.2 Å². The number of hydrogen-bond acceptors (Lipinski definition) is 2. The molecule has 1 amide bonds. The molecule has 0 saturated heterocycles. The Balaban J connectivity index is 2.20. The zero-order valence-electron chi connectivity index (χ0n) is 11.3. The summed E-state index contributed by atoms with van der Waals surface area (Å²) < 4.78 is 37.4. The molecule has 0 aromatic rings. The fourth-order valence-corrected chi connectivity index (χ4v) is 2.45. The van der Waals surface area contributed by atoms with Crippen molar-refractivity contribution in [2.75, 3.05) is 0 Å². The van der Waals surface area contributed by atoms with Crippen LogP contribution in [-0.2, 0) is 4.79 Å². The first kappa shape index (κ1) is 16.3. The lowest BCUT2D eigenvalue weighted by Crippen LogP contribution is -2.40. The lowest BCUT2D eigenvalue weighted by molar-refractivity contribution is -0.182. The number of alkyl halides is 3. The van der Waals surface area contributed by atoms with E-state index in [9.17, 15) is 18.0 Å². The van der Waals surface area contributed by atoms with Crippen molar-refractivity contribution in [2.24, 2.45) is 11.7 Å². The van der Waals surface area contributed by atoms with Crippen LogP contribution in [0.5, 0.6) is 0 Å². The highest BCUT2D eigenvalue weighted by Gasteiger charge is 2.41. The molecule has 6 heteroatoms. The molecule has 1 aliphatic rings. The van der Waals surface area contributed by atoms with Gasteiger partial charge in [0.15, 0.2) is 0 Å². The lowest BCUT2D eigenvalue weighted by Gasteiger charge is -2.30. The van der Waals surface area contributed by atoms with E-state index in [1.165, 1.54) is 0 Å². The van der Waals surface area contributed by atoms with Gasteiger partial charge in [0, 0.05) is 18.5 Å². The zero-order chi connectivity index (χ0) is 14.5. The van der Waals surface area contributed by atoms with Crippen molar-refractivity contribution in [3.8, 4) is 0 Å². The summed E-state index contributed by atoms with van der Waals surface area (Å²) in [6.07, 6.45) is -1.10. The first-order valence-electron chi connectivity index (χ1n) is 6.90. The van der Waals surface area contributed by atoms with E-state index in [0.717, 1.165) is 12.8 Å². The van der Waals surface area contributed by atoms with E-state index in [-0.39, 0.29) is 30.8 Å². The third-order valence-corrected chi connectivity index (χ3v) is 3.62. The third kappa shape index (κ3) is 6.27. The molecule has 1 saturated carbocycles. The van der Waals surface area contributed by atoms with Gasteiger partial charge in [0.25, 0.3) is 0 Å². The van der Waals surface area contributed by atoms with Crippen molar-refractivity contribution < 1.29 is 18.0 Å². The number of carbonyl (C=O) groups excluding carboxylic acids is 1. The fourth-order valence-electron chi connectivity index (χ4n) is 2.45. The monoisotopic (exact) mass is 280 g/mol. The molecule has 1 aliphatic carbocycles. The second-order valence-corrected chi connectivity index (χ2v) is 5.53. The van der Waals surface area contributed by atoms with Gasteiger partial charge in [-0.25, -0.2) is 0 Å². The van der Waals surface area contributed by atoms with Crippen LogP contribution < -0.4 is 11.1 Å². The van der Waals surface area contributed by atoms with Gasteiger partial charge >= 0.3 is 6.18 Å². The quantitative estimate of drug-likeness (QED) is 0.813. The standard InChI is InChI=1S/C13H23F3N2O/c1-9(17)3-2-4-12(19)18-11-7-5-10(6-8-11)13(14,15)16/h9-11H,2-8,17H2,1H3,(H,18,19). The van der Waals surface area contributed by atoms with Gasteiger partial charge in [-0.05, 0) is 45.4 Å². The van der Waals surface area contributed by atoms with Crippen molar-refractivity contribution in [1.29, 1.82) is 0 Å². The van der Waals surface area contributed by atoms with E-state index in [2.05, 4.69) is 5.32 Å². The topological polar surface area (TPSA) is 55.1 Å². The molecule has 0 heterocycles. The molecule has 0 aliphatic heterocycles. The largest absolute Gasteiger partial charge is 0.391 e. The van der Waals surface area contributed by atoms with Crippen LogP contribution in [-0.4, -0.2) is 24.2 Å². The molecule has 3 N–H and O–H groups in total. The Morgan fingerprint density at radius 2 is 1.89 bits per heavy atom. The number of carbonyl (C=O) groups is 1. The van der Waals surface area contributed by atoms with E-state index < -0.39 is 12.1 Å². The molecular formula is C13H23F3N2O. The Kier molecular flexibility index (Phi) is 6.10. The van der Waals surface area contributed by atoms with Crippen LogP contribution in [0.2, 0.25) is 0 Å². The van der Waals surface area contributed by atoms with Crippen molar-refractivity contribution in [1.82, 2.24) is 5.32 Å². The number of nitrogens with two attached hydrogens (primary N) is 1. The van der Waals surface area contributed by atoms with Crippen molar-refractivity contribution >= 4 is 5.91 Å². The Morgan fingerprint density at radius 3 is 2.37 bits per heavy atom. The second-order valence-electron chi connectivity index (χ2n) is 5.53. The van der Waals surface area contributed by atoms with E-state index in [1.54, 1.807) is 0 Å². The Bertz CT molecular complexity index is 284. The van der Waals surface area contributed by atoms with Crippen molar-refractivity contribution in [3.05, 3.63) is 0 Å². The summed E-state index contributed by atoms with van der Waals surface area (Å²) >= 11 is 0. The SMILES string of the molecule is CC(N)CCCC(=O)NC1CCC(C(F)(F)F)CC1. The summed E-state index contributed by atoms with van der Waals surface area (Å²) in [5.74, 6) is -1.27. The summed E-state index contributed by atoms with van der Waals surface area (Å²) in [4.78, 5) is 11.6. The molecule has 1 fully saturated rings. The normalized spacial score (nSPS) is 25.9. The minimum absolute atomic E-state index is 0.0730. The van der Waals surface area contributed by atoms with Crippen LogP contribution in [0.3, 0.4) is 0 Å². The highest BCUT2D eigenvalue weighted by molar-refractivity contribution is 5.76. The first-order valence-corrected chi connectivity index (χ1v) is 6.90. The molecule has 0 radical (unpaired) electrons. The zero-order valence-corrected chi connectivity index (χ0v) is 11.3. The average molecular weight is 280 g/mol. The Labute approximate surface area is 112 Å². The summed E-state index contributed by atoms with van der Waals surface area (Å²) in [5, 5.41) is 2.82. The molecule has 0 spiro atoms. The lowest BCUT2D eigenvalue weighted by atomic mass is 9.85. The highest BCUT2D eigenvalue weighted by atomic mass is 19.4. The number of nitrogens with one attached hydrogen (secondary N) is 1. The molecule has 1 atom stereocenters. The highest BCUT2D eigenvalue weighted by Crippen LogP contribution is 2.37. The van der Waals surface area contributed by atoms with Crippen molar-refractivity contribution in [3.63, 3.8) is 0 Å². The van der Waals surface area contributed by atoms with Crippen LogP contribution in [0, 0.1) is 5.92 Å². The van der Waals surface area contributed by atoms with E-state index in [0.29, 0.717) is 19.3 Å². The van der Waals surface area contributed by atoms with Crippen LogP contribution >= 0.6 is 0 Å². The van der Waals surface area contributed by atoms with Gasteiger partial charge in [-0.15, -0.1) is 0 Å². The molecule has 0 bridgehead atoms. The van der Waals surface area contributed by atoms with Gasteiger partial charge in [-0.3, -0.25) is 4.79 Å².